The summed E-state index contributed by atoms with van der Waals surface area (Å²) in [5.74, 6) is -8.59. The van der Waals surface area contributed by atoms with E-state index in [1.807, 2.05) is 57.3 Å². The first-order valence-corrected chi connectivity index (χ1v) is 31.3. The van der Waals surface area contributed by atoms with E-state index in [-0.39, 0.29) is 10.8 Å². The van der Waals surface area contributed by atoms with Crippen molar-refractivity contribution in [2.24, 2.45) is 47.3 Å². The third kappa shape index (κ3) is 6.09. The van der Waals surface area contributed by atoms with Crippen LogP contribution in [0.3, 0.4) is 0 Å². The van der Waals surface area contributed by atoms with Crippen LogP contribution in [-0.2, 0) is 15.6 Å². The molecular weight excluding hydrogens is 1070 g/mol. The van der Waals surface area contributed by atoms with Gasteiger partial charge in [0.05, 0.1) is 7.11 Å². The molecule has 79 heavy (non-hydrogen) atoms. The van der Waals surface area contributed by atoms with E-state index < -0.39 is 29.1 Å². The van der Waals surface area contributed by atoms with Crippen LogP contribution in [0.15, 0.2) is 138 Å². The van der Waals surface area contributed by atoms with Gasteiger partial charge in [-0.3, -0.25) is 4.79 Å². The Hall–Kier alpha value is -5.92. The van der Waals surface area contributed by atoms with E-state index >= 15 is 0 Å². The lowest BCUT2D eigenvalue weighted by molar-refractivity contribution is -0.578. The lowest BCUT2D eigenvalue weighted by Crippen LogP contribution is -2.59. The average molecular weight is 1130 g/mol. The number of aryl methyl sites for hydroxylation is 2. The number of rotatable bonds is 6. The third-order valence-electron chi connectivity index (χ3n) is 21.2. The molecule has 0 amide bonds. The predicted molar refractivity (Wildman–Crippen MR) is 307 cm³/mol. The van der Waals surface area contributed by atoms with Crippen molar-refractivity contribution in [3.63, 3.8) is 0 Å². The summed E-state index contributed by atoms with van der Waals surface area (Å²) in [5, 5.41) is 10.2. The summed E-state index contributed by atoms with van der Waals surface area (Å²) < 4.78 is 64.1. The highest BCUT2D eigenvalue weighted by molar-refractivity contribution is 7.25. The number of ether oxygens (including phenoxy) is 1. The van der Waals surface area contributed by atoms with Crippen molar-refractivity contribution in [3.05, 3.63) is 171 Å². The van der Waals surface area contributed by atoms with Gasteiger partial charge in [-0.15, -0.1) is 45.3 Å². The van der Waals surface area contributed by atoms with E-state index in [1.54, 1.807) is 41.7 Å². The van der Waals surface area contributed by atoms with E-state index in [0.717, 1.165) is 26.3 Å². The number of alkyl halides is 4. The molecule has 2 spiro atoms. The molecule has 8 fully saturated rings. The molecule has 12 heteroatoms. The summed E-state index contributed by atoms with van der Waals surface area (Å²) in [4.78, 5) is 22.8. The largest absolute Gasteiger partial charge is 0.501 e. The number of aliphatic hydroxyl groups excluding tert-OH is 1. The number of benzene rings is 3. The van der Waals surface area contributed by atoms with Gasteiger partial charge < -0.3 is 9.84 Å². The van der Waals surface area contributed by atoms with Gasteiger partial charge in [0.1, 0.15) is 5.75 Å². The average Bonchev–Trinajstić information content (AvgIpc) is 2.01. The second-order valence-corrected chi connectivity index (χ2v) is 29.2. The first-order valence-electron chi connectivity index (χ1n) is 28.0. The number of allylic oxidation sites excluding steroid dienone is 4. The maximum Gasteiger partial charge on any atom is 0.385 e. The SMILES string of the molecule is COc1ccc(-c2cc3c(s2)-c2sc(-c4cc[n+](C5=C(O)C(F)(F)C(F)(F)C5=O)cc4)cc2C32C3CC4CC2CC(C3)C4=C2C3CC4CC2CC(C3)C42c3cc(-c4ccc(C)s4)ccc3-c3ccc(-c4ccc(C)s4)cc32)cc1. The molecule has 1 N–H and O–H groups in total. The van der Waals surface area contributed by atoms with Gasteiger partial charge in [0.2, 0.25) is 5.76 Å². The molecule has 5 aromatic heterocycles. The Bertz CT molecular complexity index is 3900. The van der Waals surface area contributed by atoms with Crippen LogP contribution in [0.4, 0.5) is 17.6 Å². The smallest absolute Gasteiger partial charge is 0.385 e. The molecule has 5 heterocycles. The van der Waals surface area contributed by atoms with Gasteiger partial charge in [-0.2, -0.15) is 22.1 Å². The molecule has 0 saturated heterocycles. The molecule has 4 nitrogen and oxygen atoms in total. The summed E-state index contributed by atoms with van der Waals surface area (Å²) in [6, 6.07) is 40.7. The summed E-state index contributed by atoms with van der Waals surface area (Å²) in [6.07, 6.45) is 12.5. The number of carbonyl (C=O) groups excluding carboxylic acids is 1. The highest BCUT2D eigenvalue weighted by atomic mass is 32.1. The van der Waals surface area contributed by atoms with Gasteiger partial charge in [-0.25, -0.2) is 0 Å². The summed E-state index contributed by atoms with van der Waals surface area (Å²) in [5.41, 5.74) is 16.2. The zero-order valence-corrected chi connectivity index (χ0v) is 46.9. The van der Waals surface area contributed by atoms with Gasteiger partial charge in [0, 0.05) is 67.5 Å². The zero-order chi connectivity index (χ0) is 53.4. The van der Waals surface area contributed by atoms with Gasteiger partial charge >= 0.3 is 23.3 Å². The van der Waals surface area contributed by atoms with Gasteiger partial charge in [0.15, 0.2) is 12.4 Å². The molecule has 11 aliphatic rings. The van der Waals surface area contributed by atoms with Gasteiger partial charge in [-0.1, -0.05) is 35.4 Å². The number of nitrogens with zero attached hydrogens (tertiary/aromatic N) is 1. The first kappa shape index (κ1) is 47.8. The van der Waals surface area contributed by atoms with Crippen LogP contribution in [-0.4, -0.2) is 29.8 Å². The van der Waals surface area contributed by atoms with Crippen LogP contribution in [0.5, 0.6) is 5.75 Å². The Morgan fingerprint density at radius 3 is 1.30 bits per heavy atom. The molecular formula is C67H54F4NO3S4+. The minimum absolute atomic E-state index is 0.0172. The Balaban J connectivity index is 0.726. The number of carbonyl (C=O) groups is 1. The summed E-state index contributed by atoms with van der Waals surface area (Å²) in [7, 11) is 1.69. The number of hydrogen-bond acceptors (Lipinski definition) is 7. The number of thiophene rings is 4. The van der Waals surface area contributed by atoms with Crippen molar-refractivity contribution in [3.8, 4) is 68.4 Å². The minimum Gasteiger partial charge on any atom is -0.501 e. The van der Waals surface area contributed by atoms with E-state index in [0.29, 0.717) is 47.3 Å². The number of aromatic nitrogens is 1. The number of methoxy groups -OCH3 is 1. The second-order valence-electron chi connectivity index (χ2n) is 24.6. The third-order valence-corrected chi connectivity index (χ3v) is 25.8. The molecule has 0 unspecified atom stereocenters. The van der Waals surface area contributed by atoms with Gasteiger partial charge in [0.25, 0.3) is 0 Å². The highest BCUT2D eigenvalue weighted by Gasteiger charge is 2.75. The van der Waals surface area contributed by atoms with Crippen LogP contribution in [0.1, 0.15) is 83.4 Å². The number of pyridine rings is 1. The van der Waals surface area contributed by atoms with Crippen molar-refractivity contribution in [1.29, 1.82) is 0 Å². The zero-order valence-electron chi connectivity index (χ0n) is 43.7. The molecule has 8 aromatic rings. The second kappa shape index (κ2) is 16.2. The Morgan fingerprint density at radius 2 is 0.911 bits per heavy atom. The fourth-order valence-electron chi connectivity index (χ4n) is 18.5. The molecule has 3 aromatic carbocycles. The van der Waals surface area contributed by atoms with E-state index in [4.69, 9.17) is 4.74 Å². The number of Topliss-reactive ketones (excluding diaryl/α,β-unsaturated/α-hetero) is 1. The molecule has 0 radical (unpaired) electrons. The number of aliphatic hydroxyl groups is 1. The highest BCUT2D eigenvalue weighted by Crippen LogP contribution is 2.76. The van der Waals surface area contributed by atoms with Gasteiger partial charge in [-0.05, 0) is 235 Å². The minimum atomic E-state index is -5.03. The molecule has 396 valence electrons. The quantitative estimate of drug-likeness (QED) is 0.103. The summed E-state index contributed by atoms with van der Waals surface area (Å²) >= 11 is 7.41. The Morgan fingerprint density at radius 1 is 0.494 bits per heavy atom. The van der Waals surface area contributed by atoms with Crippen LogP contribution in [0.2, 0.25) is 0 Å². The van der Waals surface area contributed by atoms with Crippen LogP contribution in [0.25, 0.3) is 68.3 Å². The normalized spacial score (nSPS) is 29.1. The van der Waals surface area contributed by atoms with Crippen LogP contribution < -0.4 is 9.30 Å². The number of fused-ring (bicyclic) bond motifs is 6. The summed E-state index contributed by atoms with van der Waals surface area (Å²) in [6.45, 7) is 4.44. The molecule has 19 rings (SSSR count). The fourth-order valence-corrected chi connectivity index (χ4v) is 22.9. The number of hydrogen-bond donors (Lipinski definition) is 1. The van der Waals surface area contributed by atoms with Crippen LogP contribution in [0, 0.1) is 61.2 Å². The predicted octanol–water partition coefficient (Wildman–Crippen LogP) is 17.8. The monoisotopic (exact) mass is 1120 g/mol. The molecule has 8 saturated carbocycles. The first-order chi connectivity index (χ1) is 38.2. The maximum atomic E-state index is 14.4. The van der Waals surface area contributed by atoms with Crippen molar-refractivity contribution in [2.45, 2.75) is 87.9 Å². The van der Waals surface area contributed by atoms with Crippen molar-refractivity contribution in [1.82, 2.24) is 0 Å². The molecule has 0 aliphatic heterocycles. The lowest BCUT2D eigenvalue weighted by Gasteiger charge is -2.65. The molecule has 11 aliphatic carbocycles. The number of halogens is 4. The van der Waals surface area contributed by atoms with E-state index in [2.05, 4.69) is 98.8 Å². The van der Waals surface area contributed by atoms with E-state index in [1.165, 1.54) is 131 Å². The van der Waals surface area contributed by atoms with Crippen LogP contribution >= 0.6 is 45.3 Å². The maximum absolute atomic E-state index is 14.4. The standard InChI is InChI=1S/C67H53F4NO3S4/c1-32-4-14-53(76-32)36-8-12-47-48-13-9-37(54-15-5-33(2)77-54)29-50(48)64(49(47)28-36)42-20-38-21-43(64)23-39(22-42)57(38)58-40-24-44-26-41(58)27-45(25-40)65(44)51-30-55(34-6-10-46(75-3)11-7-34)78-60(51)61-52(65)31-56(79-61)35-16-18-72(19-17-35)59-62(73)66(68,69)67(70,71)63(59)74/h4-19,28-31,38-45H,20-27H2,1-3H3/p+1. The van der Waals surface area contributed by atoms with Crippen molar-refractivity contribution < 1.29 is 36.8 Å². The fraction of sp³-hybridized carbons (Fsp3) is 0.343. The Labute approximate surface area is 471 Å². The molecule has 8 bridgehead atoms. The van der Waals surface area contributed by atoms with E-state index in [9.17, 15) is 27.5 Å². The number of ketones is 1. The molecule has 0 atom stereocenters. The van der Waals surface area contributed by atoms with Crippen molar-refractivity contribution >= 4 is 56.8 Å². The van der Waals surface area contributed by atoms with Crippen molar-refractivity contribution in [2.75, 3.05) is 7.11 Å². The Kier molecular flexibility index (Phi) is 9.79. The topological polar surface area (TPSA) is 50.4 Å². The lowest BCUT2D eigenvalue weighted by atomic mass is 9.38.